The van der Waals surface area contributed by atoms with E-state index in [9.17, 15) is 9.18 Å². The third-order valence-corrected chi connectivity index (χ3v) is 6.91. The van der Waals surface area contributed by atoms with Crippen molar-refractivity contribution in [2.45, 2.75) is 20.8 Å². The summed E-state index contributed by atoms with van der Waals surface area (Å²) < 4.78 is 13.7. The van der Waals surface area contributed by atoms with Gasteiger partial charge in [0, 0.05) is 39.2 Å². The van der Waals surface area contributed by atoms with Crippen LogP contribution in [0.25, 0.3) is 55.2 Å². The largest absolute Gasteiger partial charge is 0.338 e. The van der Waals surface area contributed by atoms with Gasteiger partial charge in [-0.25, -0.2) is 9.97 Å². The second-order valence-corrected chi connectivity index (χ2v) is 10.8. The molecule has 0 unspecified atom stereocenters. The summed E-state index contributed by atoms with van der Waals surface area (Å²) >= 11 is 1.10. The van der Waals surface area contributed by atoms with Gasteiger partial charge in [0.2, 0.25) is 5.91 Å². The maximum Gasteiger partial charge on any atom is 0.229 e. The third-order valence-electron chi connectivity index (χ3n) is 6.01. The van der Waals surface area contributed by atoms with E-state index in [1.54, 1.807) is 24.7 Å². The van der Waals surface area contributed by atoms with Gasteiger partial charge in [-0.2, -0.15) is 9.49 Å². The number of hydrogen-bond acceptors (Lipinski definition) is 6. The lowest BCUT2D eigenvalue weighted by molar-refractivity contribution is -0.123. The Morgan fingerprint density at radius 1 is 1.08 bits per heavy atom. The smallest absolute Gasteiger partial charge is 0.229 e. The van der Waals surface area contributed by atoms with Crippen LogP contribution in [0.3, 0.4) is 0 Å². The summed E-state index contributed by atoms with van der Waals surface area (Å²) in [7, 11) is 0. The number of aromatic nitrogens is 6. The van der Waals surface area contributed by atoms with Gasteiger partial charge in [0.15, 0.2) is 5.13 Å². The number of aromatic amines is 2. The minimum absolute atomic E-state index is 0.0935. The van der Waals surface area contributed by atoms with Gasteiger partial charge in [-0.15, -0.1) is 11.3 Å². The molecule has 0 radical (unpaired) electrons. The van der Waals surface area contributed by atoms with E-state index in [2.05, 4.69) is 30.5 Å². The van der Waals surface area contributed by atoms with Crippen LogP contribution in [0, 0.1) is 10.5 Å². The number of nitrogens with zero attached hydrogens (tertiary/aromatic N) is 4. The van der Waals surface area contributed by atoms with Crippen LogP contribution in [-0.4, -0.2) is 36.0 Å². The van der Waals surface area contributed by atoms with Gasteiger partial charge in [0.1, 0.15) is 16.9 Å². The standard InChI is InChI=1S/C27H22FN7OS/c1-27(2,3)26(36)31-15-10-14(12-29-13-15)18-4-5-19-23(32-18)24(35-34-19)20-11-17-16(8-9-30-25(17)33-20)21-6-7-22(28)37-21/h4-13H,1-3H3,(H,30,33)(H,31,36)(H,34,35). The van der Waals surface area contributed by atoms with Gasteiger partial charge in [-0.3, -0.25) is 14.9 Å². The van der Waals surface area contributed by atoms with E-state index < -0.39 is 5.41 Å². The second kappa shape index (κ2) is 8.59. The fourth-order valence-electron chi connectivity index (χ4n) is 4.04. The van der Waals surface area contributed by atoms with E-state index in [0.717, 1.165) is 43.9 Å². The van der Waals surface area contributed by atoms with Crippen molar-refractivity contribution in [1.29, 1.82) is 0 Å². The number of amides is 1. The Balaban J connectivity index is 1.40. The SMILES string of the molecule is CC(C)(C)C(=O)Nc1cncc(-c2ccc3[nH]nc(-c4cc5c(-c6ccc(F)s6)ccnc5[nH]4)c3n2)c1. The molecule has 0 atom stereocenters. The molecule has 0 aliphatic rings. The maximum absolute atomic E-state index is 13.7. The number of fused-ring (bicyclic) bond motifs is 2. The molecule has 6 heterocycles. The highest BCUT2D eigenvalue weighted by Crippen LogP contribution is 2.36. The van der Waals surface area contributed by atoms with Crippen molar-refractivity contribution in [3.63, 3.8) is 0 Å². The highest BCUT2D eigenvalue weighted by atomic mass is 32.1. The van der Waals surface area contributed by atoms with Crippen LogP contribution in [-0.2, 0) is 4.79 Å². The topological polar surface area (TPSA) is 112 Å². The summed E-state index contributed by atoms with van der Waals surface area (Å²) in [6, 6.07) is 12.7. The van der Waals surface area contributed by atoms with Crippen LogP contribution < -0.4 is 5.32 Å². The van der Waals surface area contributed by atoms with Gasteiger partial charge in [-0.05, 0) is 42.5 Å². The Labute approximate surface area is 215 Å². The predicted molar refractivity (Wildman–Crippen MR) is 144 cm³/mol. The molecule has 184 valence electrons. The average molecular weight is 512 g/mol. The molecule has 0 saturated carbocycles. The molecule has 37 heavy (non-hydrogen) atoms. The molecule has 0 aliphatic heterocycles. The maximum atomic E-state index is 13.7. The number of anilines is 1. The molecule has 6 aromatic rings. The lowest BCUT2D eigenvalue weighted by Crippen LogP contribution is -2.27. The Hall–Kier alpha value is -4.44. The zero-order valence-corrected chi connectivity index (χ0v) is 21.1. The Morgan fingerprint density at radius 2 is 1.95 bits per heavy atom. The van der Waals surface area contributed by atoms with E-state index in [-0.39, 0.29) is 11.0 Å². The quantitative estimate of drug-likeness (QED) is 0.253. The number of H-pyrrole nitrogens is 2. The van der Waals surface area contributed by atoms with E-state index in [1.165, 1.54) is 6.07 Å². The van der Waals surface area contributed by atoms with E-state index >= 15 is 0 Å². The first kappa shape index (κ1) is 23.0. The lowest BCUT2D eigenvalue weighted by Gasteiger charge is -2.17. The number of halogens is 1. The Bertz CT molecular complexity index is 1790. The first-order valence-corrected chi connectivity index (χ1v) is 12.4. The monoisotopic (exact) mass is 511 g/mol. The molecule has 3 N–H and O–H groups in total. The van der Waals surface area contributed by atoms with Crippen molar-refractivity contribution < 1.29 is 9.18 Å². The molecule has 0 spiro atoms. The number of hydrogen-bond donors (Lipinski definition) is 3. The van der Waals surface area contributed by atoms with Crippen molar-refractivity contribution in [1.82, 2.24) is 30.1 Å². The summed E-state index contributed by atoms with van der Waals surface area (Å²) in [5.74, 6) is -0.0935. The highest BCUT2D eigenvalue weighted by Gasteiger charge is 2.22. The molecule has 0 aliphatic carbocycles. The van der Waals surface area contributed by atoms with Crippen molar-refractivity contribution in [3.05, 3.63) is 66.2 Å². The predicted octanol–water partition coefficient (Wildman–Crippen LogP) is 6.42. The molecule has 6 rings (SSSR count). The Kier molecular flexibility index (Phi) is 5.34. The first-order valence-electron chi connectivity index (χ1n) is 11.6. The van der Waals surface area contributed by atoms with Crippen LogP contribution in [0.5, 0.6) is 0 Å². The van der Waals surface area contributed by atoms with Gasteiger partial charge in [0.05, 0.1) is 28.8 Å². The van der Waals surface area contributed by atoms with Crippen molar-refractivity contribution in [2.24, 2.45) is 5.41 Å². The molecule has 0 bridgehead atoms. The molecular formula is C27H22FN7OS. The summed E-state index contributed by atoms with van der Waals surface area (Å²) in [4.78, 5) is 30.2. The number of thiophene rings is 1. The summed E-state index contributed by atoms with van der Waals surface area (Å²) in [6.07, 6.45) is 5.02. The number of carbonyl (C=O) groups is 1. The van der Waals surface area contributed by atoms with Crippen LogP contribution in [0.15, 0.2) is 61.1 Å². The normalized spacial score (nSPS) is 11.9. The fourth-order valence-corrected chi connectivity index (χ4v) is 4.81. The van der Waals surface area contributed by atoms with Gasteiger partial charge >= 0.3 is 0 Å². The number of pyridine rings is 3. The first-order chi connectivity index (χ1) is 17.8. The second-order valence-electron chi connectivity index (χ2n) is 9.74. The van der Waals surface area contributed by atoms with Gasteiger partial charge in [0.25, 0.3) is 0 Å². The minimum Gasteiger partial charge on any atom is -0.338 e. The van der Waals surface area contributed by atoms with Crippen molar-refractivity contribution >= 4 is 45.0 Å². The van der Waals surface area contributed by atoms with Crippen molar-refractivity contribution in [2.75, 3.05) is 5.32 Å². The number of rotatable bonds is 4. The molecule has 0 saturated heterocycles. The van der Waals surface area contributed by atoms with Crippen LogP contribution in [0.2, 0.25) is 0 Å². The summed E-state index contributed by atoms with van der Waals surface area (Å²) in [6.45, 7) is 5.57. The van der Waals surface area contributed by atoms with E-state index in [4.69, 9.17) is 4.98 Å². The van der Waals surface area contributed by atoms with Crippen LogP contribution >= 0.6 is 11.3 Å². The van der Waals surface area contributed by atoms with Crippen LogP contribution in [0.1, 0.15) is 20.8 Å². The zero-order valence-electron chi connectivity index (χ0n) is 20.3. The van der Waals surface area contributed by atoms with Gasteiger partial charge < -0.3 is 10.3 Å². The molecule has 1 amide bonds. The lowest BCUT2D eigenvalue weighted by atomic mass is 9.95. The van der Waals surface area contributed by atoms with Gasteiger partial charge in [-0.1, -0.05) is 20.8 Å². The summed E-state index contributed by atoms with van der Waals surface area (Å²) in [5.41, 5.74) is 5.95. The van der Waals surface area contributed by atoms with E-state index in [1.807, 2.05) is 51.1 Å². The number of carbonyl (C=O) groups excluding carboxylic acids is 1. The third kappa shape index (κ3) is 4.25. The zero-order chi connectivity index (χ0) is 25.7. The fraction of sp³-hybridized carbons (Fsp3) is 0.148. The molecule has 0 fully saturated rings. The minimum atomic E-state index is -0.523. The molecule has 10 heteroatoms. The Morgan fingerprint density at radius 3 is 2.73 bits per heavy atom. The van der Waals surface area contributed by atoms with Crippen LogP contribution in [0.4, 0.5) is 10.1 Å². The highest BCUT2D eigenvalue weighted by molar-refractivity contribution is 7.14. The molecular weight excluding hydrogens is 489 g/mol. The molecule has 8 nitrogen and oxygen atoms in total. The average Bonchev–Trinajstić information content (AvgIpc) is 3.60. The number of nitrogens with one attached hydrogen (secondary N) is 3. The van der Waals surface area contributed by atoms with E-state index in [0.29, 0.717) is 28.2 Å². The summed E-state index contributed by atoms with van der Waals surface area (Å²) in [5, 5.41) is 11.1. The molecule has 0 aromatic carbocycles. The van der Waals surface area contributed by atoms with Crippen molar-refractivity contribution in [3.8, 4) is 33.1 Å². The molecule has 6 aromatic heterocycles.